The predicted molar refractivity (Wildman–Crippen MR) is 99.0 cm³/mol. The lowest BCUT2D eigenvalue weighted by atomic mass is 10.1. The van der Waals surface area contributed by atoms with Gasteiger partial charge in [0, 0.05) is 33.0 Å². The topological polar surface area (TPSA) is 6.48 Å². The number of hydrogen-bond acceptors (Lipinski definition) is 2. The molecule has 0 unspecified atom stereocenters. The van der Waals surface area contributed by atoms with Crippen LogP contribution < -0.4 is 4.90 Å². The normalized spacial score (nSPS) is 11.6. The molecule has 0 fully saturated rings. The second-order valence-corrected chi connectivity index (χ2v) is 6.14. The van der Waals surface area contributed by atoms with Crippen LogP contribution in [0.4, 0.5) is 5.69 Å². The van der Waals surface area contributed by atoms with Crippen molar-refractivity contribution in [2.45, 2.75) is 0 Å². The van der Waals surface area contributed by atoms with Crippen molar-refractivity contribution in [1.82, 2.24) is 3.11 Å². The second-order valence-electron chi connectivity index (χ2n) is 4.62. The summed E-state index contributed by atoms with van der Waals surface area (Å²) >= 11 is 2.20. The van der Waals surface area contributed by atoms with Crippen LogP contribution >= 0.6 is 22.9 Å². The van der Waals surface area contributed by atoms with E-state index >= 15 is 0 Å². The number of benzene rings is 1. The molecule has 20 heavy (non-hydrogen) atoms. The Bertz CT molecular complexity index is 508. The maximum atomic E-state index is 4.00. The molecule has 0 spiro atoms. The Labute approximate surface area is 136 Å². The molecule has 0 heterocycles. The first-order chi connectivity index (χ1) is 9.49. The Kier molecular flexibility index (Phi) is 7.15. The van der Waals surface area contributed by atoms with Gasteiger partial charge in [-0.15, -0.1) is 0 Å². The molecule has 1 aromatic rings. The van der Waals surface area contributed by atoms with Crippen molar-refractivity contribution in [3.8, 4) is 0 Å². The van der Waals surface area contributed by atoms with Crippen molar-refractivity contribution >= 4 is 34.6 Å². The molecule has 2 nitrogen and oxygen atoms in total. The molecule has 0 amide bonds. The highest BCUT2D eigenvalue weighted by Gasteiger charge is 1.93. The summed E-state index contributed by atoms with van der Waals surface area (Å²) in [4.78, 5) is 2.09. The zero-order valence-electron chi connectivity index (χ0n) is 12.3. The Morgan fingerprint density at radius 2 is 1.70 bits per heavy atom. The van der Waals surface area contributed by atoms with Crippen molar-refractivity contribution in [1.29, 1.82) is 0 Å². The third-order valence-electron chi connectivity index (χ3n) is 2.61. The molecule has 0 aliphatic heterocycles. The molecule has 0 saturated heterocycles. The van der Waals surface area contributed by atoms with E-state index in [9.17, 15) is 0 Å². The van der Waals surface area contributed by atoms with Gasteiger partial charge < -0.3 is 8.01 Å². The molecule has 0 atom stereocenters. The molecule has 0 N–H and O–H groups in total. The summed E-state index contributed by atoms with van der Waals surface area (Å²) < 4.78 is 1.97. The zero-order valence-corrected chi connectivity index (χ0v) is 14.4. The van der Waals surface area contributed by atoms with Gasteiger partial charge in [0.05, 0.1) is 22.9 Å². The Balaban J connectivity index is 2.57. The first kappa shape index (κ1) is 16.6. The van der Waals surface area contributed by atoms with E-state index in [2.05, 4.69) is 64.7 Å². The van der Waals surface area contributed by atoms with E-state index in [-0.39, 0.29) is 0 Å². The third-order valence-corrected chi connectivity index (χ3v) is 2.93. The van der Waals surface area contributed by atoms with Gasteiger partial charge in [-0.2, -0.15) is 0 Å². The summed E-state index contributed by atoms with van der Waals surface area (Å²) in [6, 6.07) is 8.43. The van der Waals surface area contributed by atoms with Crippen LogP contribution in [0.15, 0.2) is 66.9 Å². The first-order valence-corrected chi connectivity index (χ1v) is 7.33. The van der Waals surface area contributed by atoms with E-state index in [4.69, 9.17) is 0 Å². The van der Waals surface area contributed by atoms with Gasteiger partial charge in [-0.1, -0.05) is 43.0 Å². The fourth-order valence-electron chi connectivity index (χ4n) is 1.49. The molecule has 3 heteroatoms. The Morgan fingerprint density at radius 1 is 1.05 bits per heavy atom. The maximum Gasteiger partial charge on any atom is 0.0583 e. The average molecular weight is 380 g/mol. The van der Waals surface area contributed by atoms with Crippen LogP contribution in [0.2, 0.25) is 0 Å². The quantitative estimate of drug-likeness (QED) is 0.402. The second kappa shape index (κ2) is 8.64. The monoisotopic (exact) mass is 380 g/mol. The highest BCUT2D eigenvalue weighted by molar-refractivity contribution is 14.1. The molecule has 0 radical (unpaired) electrons. The lowest BCUT2D eigenvalue weighted by Gasteiger charge is -2.11. The lowest BCUT2D eigenvalue weighted by molar-refractivity contribution is 0.835. The van der Waals surface area contributed by atoms with E-state index in [0.29, 0.717) is 0 Å². The SMILES string of the molecule is C=C(C=Cc1ccc(N(C)C)cc1)/C=C\C=C/N(C)I. The smallest absolute Gasteiger partial charge is 0.0583 e. The Hall–Kier alpha value is -1.49. The third kappa shape index (κ3) is 6.61. The van der Waals surface area contributed by atoms with Crippen molar-refractivity contribution in [2.75, 3.05) is 26.0 Å². The number of nitrogens with zero attached hydrogens (tertiary/aromatic N) is 2. The van der Waals surface area contributed by atoms with Crippen LogP contribution in [0.3, 0.4) is 0 Å². The lowest BCUT2D eigenvalue weighted by Crippen LogP contribution is -2.07. The van der Waals surface area contributed by atoms with Gasteiger partial charge in [0.2, 0.25) is 0 Å². The van der Waals surface area contributed by atoms with Crippen molar-refractivity contribution in [3.05, 3.63) is 72.5 Å². The fourth-order valence-corrected chi connectivity index (χ4v) is 1.68. The van der Waals surface area contributed by atoms with Gasteiger partial charge in [-0.3, -0.25) is 0 Å². The van der Waals surface area contributed by atoms with Crippen LogP contribution in [0.1, 0.15) is 5.56 Å². The number of allylic oxidation sites excluding steroid dienone is 5. The van der Waals surface area contributed by atoms with E-state index in [1.165, 1.54) is 11.3 Å². The zero-order chi connectivity index (χ0) is 15.0. The van der Waals surface area contributed by atoms with Crippen molar-refractivity contribution in [2.24, 2.45) is 0 Å². The minimum Gasteiger partial charge on any atom is -0.378 e. The number of halogens is 1. The van der Waals surface area contributed by atoms with Gasteiger partial charge in [0.15, 0.2) is 0 Å². The standard InChI is InChI=1S/C17H21IN2/c1-15(7-5-6-14-20(4)18)8-9-16-10-12-17(13-11-16)19(2)3/h5-14H,1H2,2-4H3/b7-5-,9-8?,14-6-. The molecule has 1 rings (SSSR count). The maximum absolute atomic E-state index is 4.00. The minimum absolute atomic E-state index is 0.974. The predicted octanol–water partition coefficient (Wildman–Crippen LogP) is 4.67. The molecular weight excluding hydrogens is 359 g/mol. The Morgan fingerprint density at radius 3 is 2.25 bits per heavy atom. The van der Waals surface area contributed by atoms with Crippen LogP contribution in [0.25, 0.3) is 6.08 Å². The van der Waals surface area contributed by atoms with Crippen LogP contribution in [-0.2, 0) is 0 Å². The highest BCUT2D eigenvalue weighted by Crippen LogP contribution is 2.13. The van der Waals surface area contributed by atoms with Crippen LogP contribution in [0.5, 0.6) is 0 Å². The molecule has 0 aromatic heterocycles. The van der Waals surface area contributed by atoms with E-state index in [1.807, 2.05) is 54.8 Å². The summed E-state index contributed by atoms with van der Waals surface area (Å²) in [5.41, 5.74) is 3.35. The van der Waals surface area contributed by atoms with E-state index in [0.717, 1.165) is 5.57 Å². The average Bonchev–Trinajstić information content (AvgIpc) is 2.41. The van der Waals surface area contributed by atoms with E-state index < -0.39 is 0 Å². The molecule has 0 bridgehead atoms. The summed E-state index contributed by atoms with van der Waals surface area (Å²) in [5, 5.41) is 0. The van der Waals surface area contributed by atoms with Gasteiger partial charge >= 0.3 is 0 Å². The minimum atomic E-state index is 0.974. The molecule has 0 aliphatic rings. The summed E-state index contributed by atoms with van der Waals surface area (Å²) in [5.74, 6) is 0. The van der Waals surface area contributed by atoms with E-state index in [1.54, 1.807) is 0 Å². The molecule has 0 aliphatic carbocycles. The highest BCUT2D eigenvalue weighted by atomic mass is 127. The van der Waals surface area contributed by atoms with Crippen LogP contribution in [0, 0.1) is 0 Å². The molecule has 0 saturated carbocycles. The summed E-state index contributed by atoms with van der Waals surface area (Å²) in [7, 11) is 6.06. The fraction of sp³-hybridized carbons (Fsp3) is 0.176. The largest absolute Gasteiger partial charge is 0.378 e. The van der Waals surface area contributed by atoms with Crippen molar-refractivity contribution in [3.63, 3.8) is 0 Å². The number of rotatable bonds is 6. The summed E-state index contributed by atoms with van der Waals surface area (Å²) in [6.07, 6.45) is 12.0. The molecule has 106 valence electrons. The van der Waals surface area contributed by atoms with Crippen molar-refractivity contribution < 1.29 is 0 Å². The number of anilines is 1. The number of hydrogen-bond donors (Lipinski definition) is 0. The molecule has 1 aromatic carbocycles. The molecular formula is C17H21IN2. The van der Waals surface area contributed by atoms with Gasteiger partial charge in [0.25, 0.3) is 0 Å². The van der Waals surface area contributed by atoms with Gasteiger partial charge in [-0.25, -0.2) is 0 Å². The van der Waals surface area contributed by atoms with Gasteiger partial charge in [-0.05, 0) is 29.3 Å². The summed E-state index contributed by atoms with van der Waals surface area (Å²) in [6.45, 7) is 4.00. The van der Waals surface area contributed by atoms with Crippen LogP contribution in [-0.4, -0.2) is 24.3 Å². The first-order valence-electron chi connectivity index (χ1n) is 6.37. The van der Waals surface area contributed by atoms with Gasteiger partial charge in [0.1, 0.15) is 0 Å².